The van der Waals surface area contributed by atoms with Gasteiger partial charge in [0.05, 0.1) is 0 Å². The molecule has 2 nitrogen and oxygen atoms in total. The molecule has 2 aliphatic rings. The Labute approximate surface area is 87.8 Å². The molecule has 0 aromatic heterocycles. The Morgan fingerprint density at radius 2 is 1.64 bits per heavy atom. The van der Waals surface area contributed by atoms with Crippen molar-refractivity contribution < 1.29 is 0 Å². The molecule has 1 unspecified atom stereocenters. The molecule has 2 heteroatoms. The smallest absolute Gasteiger partial charge is 0.0246 e. The maximum Gasteiger partial charge on any atom is 0.0246 e. The minimum absolute atomic E-state index is 0.710. The molecule has 0 amide bonds. The molecule has 0 aromatic rings. The van der Waals surface area contributed by atoms with Crippen LogP contribution in [-0.4, -0.2) is 30.6 Å². The highest BCUT2D eigenvalue weighted by atomic mass is 15.2. The molecular weight excluding hydrogens is 172 g/mol. The largest absolute Gasteiger partial charge is 0.329 e. The molecule has 2 fully saturated rings. The molecule has 1 atom stereocenters. The van der Waals surface area contributed by atoms with Crippen LogP contribution < -0.4 is 5.73 Å². The van der Waals surface area contributed by atoms with Crippen molar-refractivity contribution in [2.24, 2.45) is 11.7 Å². The molecule has 0 aromatic carbocycles. The van der Waals surface area contributed by atoms with Gasteiger partial charge in [-0.15, -0.1) is 0 Å². The van der Waals surface area contributed by atoms with Gasteiger partial charge in [-0.05, 0) is 44.7 Å². The molecule has 0 spiro atoms. The molecule has 0 bridgehead atoms. The van der Waals surface area contributed by atoms with E-state index in [1.54, 1.807) is 0 Å². The molecule has 2 N–H and O–H groups in total. The normalized spacial score (nSPS) is 28.1. The fraction of sp³-hybridized carbons (Fsp3) is 1.00. The average molecular weight is 196 g/mol. The third-order valence-corrected chi connectivity index (χ3v) is 4.05. The van der Waals surface area contributed by atoms with Gasteiger partial charge in [-0.1, -0.05) is 19.3 Å². The van der Waals surface area contributed by atoms with Crippen molar-refractivity contribution in [3.63, 3.8) is 0 Å². The Balaban J connectivity index is 1.87. The Morgan fingerprint density at radius 1 is 1.00 bits per heavy atom. The van der Waals surface area contributed by atoms with Crippen LogP contribution in [0.25, 0.3) is 0 Å². The van der Waals surface area contributed by atoms with Gasteiger partial charge in [0.25, 0.3) is 0 Å². The topological polar surface area (TPSA) is 29.3 Å². The first-order valence-electron chi connectivity index (χ1n) is 6.36. The van der Waals surface area contributed by atoms with E-state index in [4.69, 9.17) is 5.73 Å². The SMILES string of the molecule is NCC(C1CCC1)N1CCCCCC1. The minimum atomic E-state index is 0.710. The quantitative estimate of drug-likeness (QED) is 0.748. The monoisotopic (exact) mass is 196 g/mol. The Kier molecular flexibility index (Phi) is 3.82. The van der Waals surface area contributed by atoms with E-state index in [1.807, 2.05) is 0 Å². The second-order valence-electron chi connectivity index (χ2n) is 4.94. The highest BCUT2D eigenvalue weighted by Crippen LogP contribution is 2.32. The van der Waals surface area contributed by atoms with E-state index in [2.05, 4.69) is 4.90 Å². The molecule has 2 rings (SSSR count). The summed E-state index contributed by atoms with van der Waals surface area (Å²) in [5.41, 5.74) is 5.92. The van der Waals surface area contributed by atoms with Gasteiger partial charge in [0.1, 0.15) is 0 Å². The van der Waals surface area contributed by atoms with Crippen LogP contribution in [-0.2, 0) is 0 Å². The van der Waals surface area contributed by atoms with Crippen molar-refractivity contribution in [3.8, 4) is 0 Å². The van der Waals surface area contributed by atoms with Crippen molar-refractivity contribution in [1.29, 1.82) is 0 Å². The zero-order valence-corrected chi connectivity index (χ0v) is 9.25. The number of nitrogens with zero attached hydrogens (tertiary/aromatic N) is 1. The van der Waals surface area contributed by atoms with Crippen LogP contribution in [0.4, 0.5) is 0 Å². The first-order chi connectivity index (χ1) is 6.92. The Morgan fingerprint density at radius 3 is 2.07 bits per heavy atom. The van der Waals surface area contributed by atoms with Gasteiger partial charge in [-0.25, -0.2) is 0 Å². The van der Waals surface area contributed by atoms with E-state index in [-0.39, 0.29) is 0 Å². The lowest BCUT2D eigenvalue weighted by Gasteiger charge is -2.40. The van der Waals surface area contributed by atoms with Gasteiger partial charge < -0.3 is 5.73 Å². The van der Waals surface area contributed by atoms with Crippen LogP contribution in [0.1, 0.15) is 44.9 Å². The van der Waals surface area contributed by atoms with Crippen LogP contribution in [0, 0.1) is 5.92 Å². The lowest BCUT2D eigenvalue weighted by atomic mass is 9.79. The van der Waals surface area contributed by atoms with E-state index in [1.165, 1.54) is 58.0 Å². The summed E-state index contributed by atoms with van der Waals surface area (Å²) in [6.45, 7) is 3.49. The van der Waals surface area contributed by atoms with Crippen molar-refractivity contribution in [2.75, 3.05) is 19.6 Å². The van der Waals surface area contributed by atoms with Crippen LogP contribution in [0.3, 0.4) is 0 Å². The van der Waals surface area contributed by atoms with Crippen molar-refractivity contribution in [1.82, 2.24) is 4.90 Å². The molecule has 0 radical (unpaired) electrons. The zero-order chi connectivity index (χ0) is 9.80. The van der Waals surface area contributed by atoms with Gasteiger partial charge in [-0.3, -0.25) is 4.90 Å². The Bertz CT molecular complexity index is 158. The summed E-state index contributed by atoms with van der Waals surface area (Å²) in [6.07, 6.45) is 9.94. The van der Waals surface area contributed by atoms with Crippen molar-refractivity contribution >= 4 is 0 Å². The molecule has 1 saturated heterocycles. The second kappa shape index (κ2) is 5.13. The zero-order valence-electron chi connectivity index (χ0n) is 9.25. The summed E-state index contributed by atoms with van der Waals surface area (Å²) >= 11 is 0. The van der Waals surface area contributed by atoms with Gasteiger partial charge in [0.15, 0.2) is 0 Å². The van der Waals surface area contributed by atoms with Gasteiger partial charge in [0.2, 0.25) is 0 Å². The van der Waals surface area contributed by atoms with Crippen LogP contribution >= 0.6 is 0 Å². The van der Waals surface area contributed by atoms with Crippen molar-refractivity contribution in [3.05, 3.63) is 0 Å². The van der Waals surface area contributed by atoms with E-state index >= 15 is 0 Å². The van der Waals surface area contributed by atoms with E-state index in [9.17, 15) is 0 Å². The van der Waals surface area contributed by atoms with Gasteiger partial charge in [0, 0.05) is 12.6 Å². The van der Waals surface area contributed by atoms with Crippen molar-refractivity contribution in [2.45, 2.75) is 51.0 Å². The van der Waals surface area contributed by atoms with E-state index < -0.39 is 0 Å². The predicted octanol–water partition coefficient (Wildman–Crippen LogP) is 1.99. The summed E-state index contributed by atoms with van der Waals surface area (Å²) < 4.78 is 0. The van der Waals surface area contributed by atoms with E-state index in [0.29, 0.717) is 6.04 Å². The molecule has 14 heavy (non-hydrogen) atoms. The standard InChI is InChI=1S/C12H24N2/c13-10-12(11-6-5-7-11)14-8-3-1-2-4-9-14/h11-12H,1-10,13H2. The first kappa shape index (κ1) is 10.4. The van der Waals surface area contributed by atoms with Crippen LogP contribution in [0.15, 0.2) is 0 Å². The fourth-order valence-corrected chi connectivity index (χ4v) is 2.89. The lowest BCUT2D eigenvalue weighted by molar-refractivity contribution is 0.104. The predicted molar refractivity (Wildman–Crippen MR) is 60.2 cm³/mol. The third kappa shape index (κ3) is 2.29. The highest BCUT2D eigenvalue weighted by Gasteiger charge is 2.30. The minimum Gasteiger partial charge on any atom is -0.329 e. The molecule has 1 heterocycles. The summed E-state index contributed by atoms with van der Waals surface area (Å²) in [7, 11) is 0. The average Bonchev–Trinajstić information content (AvgIpc) is 2.38. The maximum absolute atomic E-state index is 5.92. The molecule has 1 aliphatic heterocycles. The maximum atomic E-state index is 5.92. The molecule has 82 valence electrons. The molecule has 1 aliphatic carbocycles. The van der Waals surface area contributed by atoms with Gasteiger partial charge >= 0.3 is 0 Å². The summed E-state index contributed by atoms with van der Waals surface area (Å²) in [5.74, 6) is 0.929. The van der Waals surface area contributed by atoms with Crippen LogP contribution in [0.5, 0.6) is 0 Å². The number of nitrogens with two attached hydrogens (primary N) is 1. The number of hydrogen-bond donors (Lipinski definition) is 1. The fourth-order valence-electron chi connectivity index (χ4n) is 2.89. The summed E-state index contributed by atoms with van der Waals surface area (Å²) in [4.78, 5) is 2.68. The highest BCUT2D eigenvalue weighted by molar-refractivity contribution is 4.86. The molecular formula is C12H24N2. The van der Waals surface area contributed by atoms with Crippen LogP contribution in [0.2, 0.25) is 0 Å². The summed E-state index contributed by atoms with van der Waals surface area (Å²) in [5, 5.41) is 0. The lowest BCUT2D eigenvalue weighted by Crippen LogP contribution is -2.48. The number of likely N-dealkylation sites (tertiary alicyclic amines) is 1. The Hall–Kier alpha value is -0.0800. The number of hydrogen-bond acceptors (Lipinski definition) is 2. The van der Waals surface area contributed by atoms with E-state index in [0.717, 1.165) is 12.5 Å². The third-order valence-electron chi connectivity index (χ3n) is 4.05. The molecule has 1 saturated carbocycles. The van der Waals surface area contributed by atoms with Gasteiger partial charge in [-0.2, -0.15) is 0 Å². The summed E-state index contributed by atoms with van der Waals surface area (Å²) in [6, 6.07) is 0.710. The first-order valence-corrected chi connectivity index (χ1v) is 6.36. The second-order valence-corrected chi connectivity index (χ2v) is 4.94. The number of rotatable bonds is 3.